The van der Waals surface area contributed by atoms with Crippen molar-refractivity contribution in [3.8, 4) is 0 Å². The normalized spacial score (nSPS) is 20.0. The van der Waals surface area contributed by atoms with Crippen LogP contribution in [0.1, 0.15) is 36.6 Å². The summed E-state index contributed by atoms with van der Waals surface area (Å²) in [6.07, 6.45) is -5.09. The highest BCUT2D eigenvalue weighted by atomic mass is 35.6. The van der Waals surface area contributed by atoms with Gasteiger partial charge in [-0.05, 0) is 55.5 Å². The largest absolute Gasteiger partial charge is 0.459 e. The van der Waals surface area contributed by atoms with E-state index in [1.807, 2.05) is 31.2 Å². The van der Waals surface area contributed by atoms with Crippen LogP contribution < -0.4 is 5.32 Å². The van der Waals surface area contributed by atoms with Gasteiger partial charge in [-0.15, -0.1) is 0 Å². The van der Waals surface area contributed by atoms with E-state index in [-0.39, 0.29) is 16.7 Å². The monoisotopic (exact) mass is 771 g/mol. The van der Waals surface area contributed by atoms with Gasteiger partial charge in [0.15, 0.2) is 12.2 Å². The van der Waals surface area contributed by atoms with Crippen LogP contribution in [0.25, 0.3) is 0 Å². The Bertz CT molecular complexity index is 1780. The Hall–Kier alpha value is -4.26. The smallest absolute Gasteiger partial charge is 0.407 e. The molecule has 266 valence electrons. The summed E-state index contributed by atoms with van der Waals surface area (Å²) in [5, 5.41) is 2.68. The zero-order chi connectivity index (χ0) is 36.4. The lowest BCUT2D eigenvalue weighted by molar-refractivity contribution is -0.174. The molecule has 4 aromatic carbocycles. The number of alkyl halides is 3. The highest BCUT2D eigenvalue weighted by Crippen LogP contribution is 2.37. The van der Waals surface area contributed by atoms with Gasteiger partial charge in [0.05, 0.1) is 16.7 Å². The van der Waals surface area contributed by atoms with Crippen molar-refractivity contribution in [2.24, 2.45) is 0 Å². The fourth-order valence-corrected chi connectivity index (χ4v) is 6.29. The van der Waals surface area contributed by atoms with Gasteiger partial charge in [-0.25, -0.2) is 19.2 Å². The second-order valence-electron chi connectivity index (χ2n) is 11.3. The number of amides is 1. The molecular weight excluding hydrogens is 741 g/mol. The average molecular weight is 773 g/mol. The van der Waals surface area contributed by atoms with Gasteiger partial charge in [-0.2, -0.15) is 0 Å². The van der Waals surface area contributed by atoms with Crippen LogP contribution in [0.5, 0.6) is 0 Å². The van der Waals surface area contributed by atoms with Crippen LogP contribution in [0, 0.1) is 6.92 Å². The molecule has 0 radical (unpaired) electrons. The van der Waals surface area contributed by atoms with Crippen molar-refractivity contribution in [3.05, 3.63) is 138 Å². The van der Waals surface area contributed by atoms with Gasteiger partial charge >= 0.3 is 24.0 Å². The summed E-state index contributed by atoms with van der Waals surface area (Å²) < 4.78 is 27.5. The molecule has 5 atom stereocenters. The first-order valence-corrected chi connectivity index (χ1v) is 17.6. The first kappa shape index (κ1) is 38.0. The highest BCUT2D eigenvalue weighted by molar-refractivity contribution is 7.99. The van der Waals surface area contributed by atoms with Crippen LogP contribution >= 0.6 is 46.6 Å². The van der Waals surface area contributed by atoms with Gasteiger partial charge in [-0.3, -0.25) is 0 Å². The minimum atomic E-state index is -1.92. The molecule has 1 heterocycles. The van der Waals surface area contributed by atoms with Gasteiger partial charge in [0, 0.05) is 4.90 Å². The van der Waals surface area contributed by atoms with E-state index in [1.165, 1.54) is 11.8 Å². The Labute approximate surface area is 313 Å². The summed E-state index contributed by atoms with van der Waals surface area (Å²) in [7, 11) is 0. The first-order chi connectivity index (χ1) is 24.5. The summed E-state index contributed by atoms with van der Waals surface area (Å²) >= 11 is 18.7. The molecule has 0 aliphatic carbocycles. The number of carbonyl (C=O) groups is 4. The van der Waals surface area contributed by atoms with E-state index in [0.29, 0.717) is 0 Å². The SMILES string of the molecule is Cc1ccc(S[C@@H]2O[C@H](COC(=O)c3ccccc3)[C@@H](OC(=O)c3ccccc3)[C@H](OC(=O)c3ccccc3)[C@H]2NC(=O)OCC(Cl)(Cl)Cl)cc1. The van der Waals surface area contributed by atoms with E-state index >= 15 is 0 Å². The number of nitrogens with one attached hydrogen (secondary N) is 1. The summed E-state index contributed by atoms with van der Waals surface area (Å²) in [4.78, 5) is 54.3. The molecule has 0 unspecified atom stereocenters. The van der Waals surface area contributed by atoms with Gasteiger partial charge in [0.2, 0.25) is 3.79 Å². The summed E-state index contributed by atoms with van der Waals surface area (Å²) in [6, 6.07) is 30.8. The van der Waals surface area contributed by atoms with Crippen molar-refractivity contribution in [2.75, 3.05) is 13.2 Å². The van der Waals surface area contributed by atoms with Crippen molar-refractivity contribution < 1.29 is 42.9 Å². The standard InChI is InChI=1S/C37H32Cl3NO9S/c1-23-17-19-27(20-18-23)51-35-29(41-36(45)47-22-37(38,39)40)31(50-34(44)26-15-9-4-10-16-26)30(49-33(43)25-13-7-3-8-14-25)28(48-35)21-46-32(42)24-11-5-2-6-12-24/h2-20,28-31,35H,21-22H2,1H3,(H,41,45)/t28-,29-,30-,31-,35+/m1/s1. The number of hydrogen-bond donors (Lipinski definition) is 1. The zero-order valence-corrected chi connectivity index (χ0v) is 30.1. The lowest BCUT2D eigenvalue weighted by Gasteiger charge is -2.45. The molecule has 1 aliphatic heterocycles. The molecule has 4 aromatic rings. The fraction of sp³-hybridized carbons (Fsp3) is 0.243. The molecule has 5 rings (SSSR count). The van der Waals surface area contributed by atoms with Crippen LogP contribution in [0.2, 0.25) is 0 Å². The molecule has 0 aromatic heterocycles. The first-order valence-electron chi connectivity index (χ1n) is 15.6. The molecule has 14 heteroatoms. The lowest BCUT2D eigenvalue weighted by Crippen LogP contribution is -2.65. The second-order valence-corrected chi connectivity index (χ2v) is 15.0. The number of thioether (sulfide) groups is 1. The van der Waals surface area contributed by atoms with Crippen molar-refractivity contribution in [3.63, 3.8) is 0 Å². The molecule has 51 heavy (non-hydrogen) atoms. The van der Waals surface area contributed by atoms with Crippen LogP contribution in [0.4, 0.5) is 4.79 Å². The average Bonchev–Trinajstić information content (AvgIpc) is 3.13. The number of alkyl carbamates (subject to hydrolysis) is 1. The molecule has 0 bridgehead atoms. The van der Waals surface area contributed by atoms with Gasteiger partial charge < -0.3 is 29.0 Å². The summed E-state index contributed by atoms with van der Waals surface area (Å²) in [5.41, 5.74) is 0.619. The van der Waals surface area contributed by atoms with E-state index in [9.17, 15) is 19.2 Å². The second kappa shape index (κ2) is 17.8. The molecule has 1 saturated heterocycles. The van der Waals surface area contributed by atoms with Crippen LogP contribution in [-0.4, -0.2) is 70.8 Å². The Morgan fingerprint density at radius 2 is 1.18 bits per heavy atom. The fourth-order valence-electron chi connectivity index (χ4n) is 5.00. The third-order valence-corrected chi connectivity index (χ3v) is 8.97. The third-order valence-electron chi connectivity index (χ3n) is 7.46. The topological polar surface area (TPSA) is 126 Å². The van der Waals surface area contributed by atoms with Crippen LogP contribution in [-0.2, 0) is 23.7 Å². The number of ether oxygens (including phenoxy) is 5. The summed E-state index contributed by atoms with van der Waals surface area (Å²) in [5.74, 6) is -2.24. The Balaban J connectivity index is 1.55. The van der Waals surface area contributed by atoms with Crippen LogP contribution in [0.3, 0.4) is 0 Å². The molecule has 1 N–H and O–H groups in total. The lowest BCUT2D eigenvalue weighted by atomic mass is 9.97. The number of aryl methyl sites for hydroxylation is 1. The molecular formula is C37H32Cl3NO9S. The number of benzene rings is 4. The maximum atomic E-state index is 13.7. The van der Waals surface area contributed by atoms with Crippen LogP contribution in [0.15, 0.2) is 120 Å². The molecule has 1 fully saturated rings. The number of rotatable bonds is 11. The Morgan fingerprint density at radius 3 is 1.69 bits per heavy atom. The van der Waals surface area contributed by atoms with Gasteiger partial charge in [0.25, 0.3) is 0 Å². The third kappa shape index (κ3) is 11.1. The van der Waals surface area contributed by atoms with Crippen molar-refractivity contribution in [2.45, 2.75) is 45.4 Å². The number of halogens is 3. The van der Waals surface area contributed by atoms with E-state index < -0.39 is 70.8 Å². The minimum Gasteiger partial charge on any atom is -0.459 e. The maximum absolute atomic E-state index is 13.7. The Kier molecular flexibility index (Phi) is 13.2. The van der Waals surface area contributed by atoms with E-state index in [0.717, 1.165) is 10.5 Å². The molecule has 0 saturated carbocycles. The van der Waals surface area contributed by atoms with E-state index in [1.54, 1.807) is 91.0 Å². The number of carbonyl (C=O) groups excluding carboxylic acids is 4. The van der Waals surface area contributed by atoms with E-state index in [2.05, 4.69) is 5.32 Å². The predicted molar refractivity (Wildman–Crippen MR) is 192 cm³/mol. The maximum Gasteiger partial charge on any atom is 0.407 e. The zero-order valence-electron chi connectivity index (χ0n) is 27.0. The van der Waals surface area contributed by atoms with Crippen molar-refractivity contribution in [1.82, 2.24) is 5.32 Å². The van der Waals surface area contributed by atoms with Crippen molar-refractivity contribution >= 4 is 70.6 Å². The summed E-state index contributed by atoms with van der Waals surface area (Å²) in [6.45, 7) is 0.902. The predicted octanol–water partition coefficient (Wildman–Crippen LogP) is 7.59. The minimum absolute atomic E-state index is 0.185. The molecule has 1 aliphatic rings. The quantitative estimate of drug-likeness (QED) is 0.0926. The Morgan fingerprint density at radius 1 is 0.686 bits per heavy atom. The molecule has 10 nitrogen and oxygen atoms in total. The molecule has 1 amide bonds. The van der Waals surface area contributed by atoms with Gasteiger partial charge in [0.1, 0.15) is 30.8 Å². The van der Waals surface area contributed by atoms with E-state index in [4.69, 9.17) is 58.5 Å². The van der Waals surface area contributed by atoms with Crippen molar-refractivity contribution in [1.29, 1.82) is 0 Å². The number of hydrogen-bond acceptors (Lipinski definition) is 10. The highest BCUT2D eigenvalue weighted by Gasteiger charge is 2.52. The molecule has 0 spiro atoms. The number of esters is 3. The van der Waals surface area contributed by atoms with Gasteiger partial charge in [-0.1, -0.05) is 119 Å².